The smallest absolute Gasteiger partial charge is 0.347 e. The predicted molar refractivity (Wildman–Crippen MR) is 154 cm³/mol. The number of fused-ring (bicyclic) bond motifs is 1. The van der Waals surface area contributed by atoms with Gasteiger partial charge in [-0.2, -0.15) is 0 Å². The number of hydrogen-bond acceptors (Lipinski definition) is 9. The van der Waals surface area contributed by atoms with Gasteiger partial charge >= 0.3 is 11.9 Å². The Bertz CT molecular complexity index is 1420. The fourth-order valence-electron chi connectivity index (χ4n) is 4.59. The number of benzene rings is 3. The lowest BCUT2D eigenvalue weighted by Gasteiger charge is -2.25. The van der Waals surface area contributed by atoms with E-state index in [4.69, 9.17) is 33.2 Å². The number of aryl methyl sites for hydroxylation is 1. The average molecular weight is 630 g/mol. The molecule has 3 aromatic rings. The van der Waals surface area contributed by atoms with Gasteiger partial charge in [-0.25, -0.2) is 9.59 Å². The van der Waals surface area contributed by atoms with Gasteiger partial charge in [-0.05, 0) is 77.9 Å². The van der Waals surface area contributed by atoms with Crippen molar-refractivity contribution in [2.75, 3.05) is 34.4 Å². The predicted octanol–water partition coefficient (Wildman–Crippen LogP) is 6.24. The Balaban J connectivity index is 1.71. The van der Waals surface area contributed by atoms with Crippen molar-refractivity contribution in [3.8, 4) is 23.0 Å². The zero-order valence-corrected chi connectivity index (χ0v) is 25.3. The van der Waals surface area contributed by atoms with E-state index < -0.39 is 11.9 Å². The largest absolute Gasteiger partial charge is 0.492 e. The van der Waals surface area contributed by atoms with Crippen molar-refractivity contribution in [3.05, 3.63) is 79.8 Å². The topological polar surface area (TPSA) is 98.8 Å². The number of ether oxygens (including phenoxy) is 7. The number of methoxy groups -OCH3 is 2. The Morgan fingerprint density at radius 1 is 0.902 bits per heavy atom. The molecule has 0 saturated heterocycles. The summed E-state index contributed by atoms with van der Waals surface area (Å²) < 4.78 is 39.3. The van der Waals surface area contributed by atoms with Crippen LogP contribution in [0.3, 0.4) is 0 Å². The number of hydrogen-bond donors (Lipinski definition) is 0. The molecule has 4 rings (SSSR count). The quantitative estimate of drug-likeness (QED) is 0.139. The van der Waals surface area contributed by atoms with E-state index in [1.54, 1.807) is 13.8 Å². The first-order valence-corrected chi connectivity index (χ1v) is 13.9. The fraction of sp³-hybridized carbons (Fsp3) is 0.355. The van der Waals surface area contributed by atoms with Crippen molar-refractivity contribution in [1.29, 1.82) is 0 Å². The van der Waals surface area contributed by atoms with Gasteiger partial charge in [0.2, 0.25) is 0 Å². The molecule has 0 aromatic heterocycles. The van der Waals surface area contributed by atoms with Gasteiger partial charge in [-0.3, -0.25) is 0 Å². The summed E-state index contributed by atoms with van der Waals surface area (Å²) in [5.41, 5.74) is 4.07. The van der Waals surface area contributed by atoms with E-state index in [0.29, 0.717) is 53.4 Å². The van der Waals surface area contributed by atoms with Gasteiger partial charge in [0.1, 0.15) is 33.7 Å². The molecule has 1 heterocycles. The molecule has 0 amide bonds. The Kier molecular flexibility index (Phi) is 10.3. The minimum atomic E-state index is -0.651. The number of halogens is 1. The second-order valence-corrected chi connectivity index (χ2v) is 10.3. The average Bonchev–Trinajstić information content (AvgIpc) is 2.98. The molecule has 0 bridgehead atoms. The third-order valence-corrected chi connectivity index (χ3v) is 7.45. The van der Waals surface area contributed by atoms with Crippen LogP contribution in [0.4, 0.5) is 0 Å². The number of esters is 2. The van der Waals surface area contributed by atoms with Gasteiger partial charge in [0, 0.05) is 19.8 Å². The zero-order valence-electron chi connectivity index (χ0n) is 23.8. The van der Waals surface area contributed by atoms with Crippen LogP contribution >= 0.6 is 15.9 Å². The van der Waals surface area contributed by atoms with E-state index >= 15 is 0 Å². The van der Waals surface area contributed by atoms with Crippen LogP contribution in [0.25, 0.3) is 0 Å². The third-order valence-electron chi connectivity index (χ3n) is 6.73. The van der Waals surface area contributed by atoms with Gasteiger partial charge in [0.05, 0.1) is 6.61 Å². The van der Waals surface area contributed by atoms with Gasteiger partial charge in [0.15, 0.2) is 25.1 Å². The van der Waals surface area contributed by atoms with Gasteiger partial charge in [-0.15, -0.1) is 0 Å². The number of carbonyl (C=O) groups excluding carboxylic acids is 2. The number of rotatable bonds is 11. The second-order valence-electron chi connectivity index (χ2n) is 9.48. The van der Waals surface area contributed by atoms with Gasteiger partial charge in [0.25, 0.3) is 0 Å². The first-order chi connectivity index (χ1) is 19.8. The molecule has 0 saturated carbocycles. The molecule has 1 aliphatic rings. The van der Waals surface area contributed by atoms with Crippen molar-refractivity contribution in [1.82, 2.24) is 0 Å². The summed E-state index contributed by atoms with van der Waals surface area (Å²) in [6.07, 6.45) is 1.51. The highest BCUT2D eigenvalue weighted by Gasteiger charge is 2.31. The molecular formula is C31H33BrO9. The molecular weight excluding hydrogens is 596 g/mol. The van der Waals surface area contributed by atoms with E-state index in [1.807, 2.05) is 43.3 Å². The number of carbonyl (C=O) groups is 2. The first kappa shape index (κ1) is 30.4. The van der Waals surface area contributed by atoms with Gasteiger partial charge in [-0.1, -0.05) is 30.3 Å². The third kappa shape index (κ3) is 6.66. The molecule has 1 aliphatic heterocycles. The summed E-state index contributed by atoms with van der Waals surface area (Å²) in [5.74, 6) is 0.214. The standard InChI is InChI=1S/C31H33BrO9/c1-18-14-23(38-15-21-10-7-6-8-11-21)22-12-9-13-37-28(22)24(18)31(34)41-27-20(3)19(2)25(30(33)40-17-36-5)29(26(27)32)39-16-35-4/h6-8,10-11,14H,9,12-13,15-17H2,1-5H3. The highest BCUT2D eigenvalue weighted by Crippen LogP contribution is 2.45. The van der Waals surface area contributed by atoms with Crippen molar-refractivity contribution in [2.45, 2.75) is 40.2 Å². The van der Waals surface area contributed by atoms with Crippen LogP contribution in [-0.2, 0) is 27.2 Å². The molecule has 10 heteroatoms. The Hall–Kier alpha value is -3.60. The Morgan fingerprint density at radius 3 is 2.34 bits per heavy atom. The maximum Gasteiger partial charge on any atom is 0.347 e. The summed E-state index contributed by atoms with van der Waals surface area (Å²) in [6, 6.07) is 11.7. The van der Waals surface area contributed by atoms with Crippen LogP contribution in [0.5, 0.6) is 23.0 Å². The van der Waals surface area contributed by atoms with Crippen LogP contribution in [0, 0.1) is 20.8 Å². The lowest BCUT2D eigenvalue weighted by atomic mass is 9.97. The molecule has 9 nitrogen and oxygen atoms in total. The van der Waals surface area contributed by atoms with Crippen LogP contribution in [0.15, 0.2) is 40.9 Å². The van der Waals surface area contributed by atoms with E-state index in [9.17, 15) is 9.59 Å². The van der Waals surface area contributed by atoms with E-state index in [-0.39, 0.29) is 35.1 Å². The van der Waals surface area contributed by atoms with E-state index in [1.165, 1.54) is 14.2 Å². The van der Waals surface area contributed by atoms with Crippen molar-refractivity contribution >= 4 is 27.9 Å². The SMILES string of the molecule is COCOC(=O)c1c(C)c(C)c(OC(=O)c2c(C)cc(OCc3ccccc3)c3c2OCCC3)c(Br)c1OCOC. The van der Waals surface area contributed by atoms with Crippen LogP contribution in [0.1, 0.15) is 55.0 Å². The van der Waals surface area contributed by atoms with Crippen LogP contribution < -0.4 is 18.9 Å². The normalized spacial score (nSPS) is 12.2. The Labute approximate surface area is 247 Å². The van der Waals surface area contributed by atoms with Crippen molar-refractivity contribution in [2.24, 2.45) is 0 Å². The summed E-state index contributed by atoms with van der Waals surface area (Å²) in [7, 11) is 2.87. The lowest BCUT2D eigenvalue weighted by molar-refractivity contribution is -0.0133. The van der Waals surface area contributed by atoms with E-state index in [0.717, 1.165) is 17.5 Å². The molecule has 218 valence electrons. The Morgan fingerprint density at radius 2 is 1.63 bits per heavy atom. The highest BCUT2D eigenvalue weighted by atomic mass is 79.9. The zero-order chi connectivity index (χ0) is 29.5. The minimum Gasteiger partial charge on any atom is -0.492 e. The summed E-state index contributed by atoms with van der Waals surface area (Å²) in [4.78, 5) is 26.6. The molecule has 41 heavy (non-hydrogen) atoms. The van der Waals surface area contributed by atoms with E-state index in [2.05, 4.69) is 15.9 Å². The monoisotopic (exact) mass is 628 g/mol. The molecule has 0 unspecified atom stereocenters. The molecule has 0 radical (unpaired) electrons. The molecule has 0 N–H and O–H groups in total. The lowest BCUT2D eigenvalue weighted by Crippen LogP contribution is -2.20. The molecule has 0 atom stereocenters. The highest BCUT2D eigenvalue weighted by molar-refractivity contribution is 9.10. The fourth-order valence-corrected chi connectivity index (χ4v) is 5.28. The molecule has 0 fully saturated rings. The van der Waals surface area contributed by atoms with Gasteiger partial charge < -0.3 is 33.2 Å². The molecule has 0 aliphatic carbocycles. The molecule has 0 spiro atoms. The minimum absolute atomic E-state index is 0.124. The van der Waals surface area contributed by atoms with Crippen molar-refractivity contribution < 1.29 is 42.7 Å². The summed E-state index contributed by atoms with van der Waals surface area (Å²) in [5, 5.41) is 0. The molecule has 3 aromatic carbocycles. The second kappa shape index (κ2) is 13.8. The summed E-state index contributed by atoms with van der Waals surface area (Å²) >= 11 is 3.48. The summed E-state index contributed by atoms with van der Waals surface area (Å²) in [6.45, 7) is 5.77. The van der Waals surface area contributed by atoms with Crippen LogP contribution in [0.2, 0.25) is 0 Å². The first-order valence-electron chi connectivity index (χ1n) is 13.1. The van der Waals surface area contributed by atoms with Crippen molar-refractivity contribution in [3.63, 3.8) is 0 Å². The maximum atomic E-state index is 13.8. The van der Waals surface area contributed by atoms with Crippen LogP contribution in [-0.4, -0.2) is 46.4 Å². The maximum absolute atomic E-state index is 13.8.